The normalized spacial score (nSPS) is 11.0. The molecule has 26 heavy (non-hydrogen) atoms. The van der Waals surface area contributed by atoms with Gasteiger partial charge in [0.15, 0.2) is 5.16 Å². The predicted octanol–water partition coefficient (Wildman–Crippen LogP) is 1.78. The number of nitrogens with one attached hydrogen (secondary N) is 1. The highest BCUT2D eigenvalue weighted by atomic mass is 32.2. The summed E-state index contributed by atoms with van der Waals surface area (Å²) in [7, 11) is 0. The summed E-state index contributed by atoms with van der Waals surface area (Å²) in [5.41, 5.74) is 1.44. The number of amides is 1. The van der Waals surface area contributed by atoms with Crippen molar-refractivity contribution in [2.45, 2.75) is 39.8 Å². The molecule has 2 aromatic rings. The van der Waals surface area contributed by atoms with Crippen molar-refractivity contribution in [3.05, 3.63) is 27.2 Å². The van der Waals surface area contributed by atoms with Gasteiger partial charge in [0.1, 0.15) is 5.52 Å². The lowest BCUT2D eigenvalue weighted by Gasteiger charge is -2.18. The minimum atomic E-state index is -0.472. The van der Waals surface area contributed by atoms with E-state index in [9.17, 15) is 14.4 Å². The average Bonchev–Trinajstić information content (AvgIpc) is 2.88. The molecule has 0 fully saturated rings. The fourth-order valence-electron chi connectivity index (χ4n) is 2.94. The van der Waals surface area contributed by atoms with Gasteiger partial charge in [-0.15, -0.1) is 5.10 Å². The van der Waals surface area contributed by atoms with Gasteiger partial charge < -0.3 is 9.64 Å². The Labute approximate surface area is 155 Å². The van der Waals surface area contributed by atoms with Crippen LogP contribution in [-0.4, -0.2) is 56.8 Å². The second-order valence-electron chi connectivity index (χ2n) is 5.68. The topological polar surface area (TPSA) is 96.8 Å². The molecule has 0 spiro atoms. The molecular formula is C17H24N4O4S. The minimum absolute atomic E-state index is 0.00621. The van der Waals surface area contributed by atoms with Crippen LogP contribution in [0.1, 0.15) is 42.4 Å². The zero-order valence-electron chi connectivity index (χ0n) is 15.7. The SMILES string of the molecule is CCOC(=O)c1c(C)c2c(=O)[nH]nc(SCC(=O)N(CC)CC)n2c1C. The summed E-state index contributed by atoms with van der Waals surface area (Å²) in [6.07, 6.45) is 0. The summed E-state index contributed by atoms with van der Waals surface area (Å²) in [5.74, 6) is -0.282. The van der Waals surface area contributed by atoms with Crippen LogP contribution in [0.4, 0.5) is 0 Å². The van der Waals surface area contributed by atoms with E-state index in [-0.39, 0.29) is 23.8 Å². The Morgan fingerprint density at radius 1 is 1.23 bits per heavy atom. The van der Waals surface area contributed by atoms with Crippen molar-refractivity contribution in [3.8, 4) is 0 Å². The monoisotopic (exact) mass is 380 g/mol. The lowest BCUT2D eigenvalue weighted by atomic mass is 10.1. The first-order chi connectivity index (χ1) is 12.4. The van der Waals surface area contributed by atoms with Crippen molar-refractivity contribution in [1.29, 1.82) is 0 Å². The van der Waals surface area contributed by atoms with Crippen molar-refractivity contribution >= 4 is 29.2 Å². The summed E-state index contributed by atoms with van der Waals surface area (Å²) in [4.78, 5) is 38.5. The molecule has 1 N–H and O–H groups in total. The number of carbonyl (C=O) groups excluding carboxylic acids is 2. The Hall–Kier alpha value is -2.29. The van der Waals surface area contributed by atoms with Crippen LogP contribution in [0, 0.1) is 13.8 Å². The molecule has 9 heteroatoms. The van der Waals surface area contributed by atoms with Gasteiger partial charge in [-0.2, -0.15) is 0 Å². The number of hydrogen-bond acceptors (Lipinski definition) is 6. The van der Waals surface area contributed by atoms with E-state index < -0.39 is 5.97 Å². The van der Waals surface area contributed by atoms with Crippen molar-refractivity contribution in [2.75, 3.05) is 25.4 Å². The zero-order valence-corrected chi connectivity index (χ0v) is 16.5. The molecule has 0 radical (unpaired) electrons. The second kappa shape index (κ2) is 8.39. The molecule has 8 nitrogen and oxygen atoms in total. The molecule has 0 aromatic carbocycles. The molecule has 0 saturated carbocycles. The Morgan fingerprint density at radius 2 is 1.88 bits per heavy atom. The van der Waals surface area contributed by atoms with Gasteiger partial charge in [0.2, 0.25) is 5.91 Å². The van der Waals surface area contributed by atoms with Gasteiger partial charge in [-0.1, -0.05) is 11.8 Å². The van der Waals surface area contributed by atoms with Gasteiger partial charge in [-0.05, 0) is 40.2 Å². The number of aromatic amines is 1. The number of aryl methyl sites for hydroxylation is 2. The smallest absolute Gasteiger partial charge is 0.340 e. The number of carbonyl (C=O) groups is 2. The van der Waals surface area contributed by atoms with Crippen LogP contribution in [-0.2, 0) is 9.53 Å². The average molecular weight is 380 g/mol. The summed E-state index contributed by atoms with van der Waals surface area (Å²) in [6.45, 7) is 10.5. The van der Waals surface area contributed by atoms with E-state index in [4.69, 9.17) is 4.74 Å². The number of thioether (sulfide) groups is 1. The number of hydrogen-bond donors (Lipinski definition) is 1. The first-order valence-electron chi connectivity index (χ1n) is 8.55. The van der Waals surface area contributed by atoms with Crippen LogP contribution >= 0.6 is 11.8 Å². The third-order valence-corrected chi connectivity index (χ3v) is 5.15. The zero-order chi connectivity index (χ0) is 19.4. The van der Waals surface area contributed by atoms with Gasteiger partial charge in [0.25, 0.3) is 5.56 Å². The standard InChI is InChI=1S/C17H24N4O4S/c1-6-20(7-2)12(22)9-26-17-19-18-15(23)14-10(4)13(11(5)21(14)17)16(24)25-8-3/h6-9H2,1-5H3,(H,18,23). The molecule has 1 amide bonds. The first kappa shape index (κ1) is 20.0. The highest BCUT2D eigenvalue weighted by Crippen LogP contribution is 2.25. The van der Waals surface area contributed by atoms with Gasteiger partial charge in [-0.3, -0.25) is 14.0 Å². The van der Waals surface area contributed by atoms with Crippen molar-refractivity contribution in [3.63, 3.8) is 0 Å². The third kappa shape index (κ3) is 3.62. The van der Waals surface area contributed by atoms with Gasteiger partial charge >= 0.3 is 5.97 Å². The Balaban J connectivity index is 2.48. The lowest BCUT2D eigenvalue weighted by molar-refractivity contribution is -0.127. The number of H-pyrrole nitrogens is 1. The van der Waals surface area contributed by atoms with Crippen LogP contribution in [0.2, 0.25) is 0 Å². The largest absolute Gasteiger partial charge is 0.462 e. The quantitative estimate of drug-likeness (QED) is 0.581. The minimum Gasteiger partial charge on any atom is -0.462 e. The Morgan fingerprint density at radius 3 is 2.46 bits per heavy atom. The summed E-state index contributed by atoms with van der Waals surface area (Å²) in [5, 5.41) is 6.98. The van der Waals surface area contributed by atoms with E-state index >= 15 is 0 Å². The maximum Gasteiger partial charge on any atom is 0.340 e. The number of nitrogens with zero attached hydrogens (tertiary/aromatic N) is 3. The van der Waals surface area contributed by atoms with Crippen LogP contribution < -0.4 is 5.56 Å². The molecule has 0 aliphatic carbocycles. The van der Waals surface area contributed by atoms with Crippen LogP contribution in [0.5, 0.6) is 0 Å². The molecule has 2 aromatic heterocycles. The number of fused-ring (bicyclic) bond motifs is 1. The molecule has 2 heterocycles. The van der Waals surface area contributed by atoms with Crippen molar-refractivity contribution < 1.29 is 14.3 Å². The van der Waals surface area contributed by atoms with E-state index in [1.807, 2.05) is 13.8 Å². The van der Waals surface area contributed by atoms with Crippen molar-refractivity contribution in [1.82, 2.24) is 19.5 Å². The third-order valence-electron chi connectivity index (χ3n) is 4.23. The van der Waals surface area contributed by atoms with Crippen LogP contribution in [0.3, 0.4) is 0 Å². The first-order valence-corrected chi connectivity index (χ1v) is 9.53. The number of rotatable bonds is 7. The number of ether oxygens (including phenoxy) is 1. The van der Waals surface area contributed by atoms with Gasteiger partial charge in [-0.25, -0.2) is 9.89 Å². The Kier molecular flexibility index (Phi) is 6.47. The van der Waals surface area contributed by atoms with E-state index in [0.717, 1.165) is 0 Å². The van der Waals surface area contributed by atoms with Crippen molar-refractivity contribution in [2.24, 2.45) is 0 Å². The maximum absolute atomic E-state index is 12.3. The molecule has 0 saturated heterocycles. The number of esters is 1. The van der Waals surface area contributed by atoms with Gasteiger partial charge in [0.05, 0.1) is 17.9 Å². The molecule has 0 atom stereocenters. The summed E-state index contributed by atoms with van der Waals surface area (Å²) >= 11 is 1.23. The lowest BCUT2D eigenvalue weighted by Crippen LogP contribution is -2.32. The molecule has 0 unspecified atom stereocenters. The fraction of sp³-hybridized carbons (Fsp3) is 0.529. The highest BCUT2D eigenvalue weighted by Gasteiger charge is 2.24. The summed E-state index contributed by atoms with van der Waals surface area (Å²) < 4.78 is 6.73. The molecule has 0 bridgehead atoms. The summed E-state index contributed by atoms with van der Waals surface area (Å²) in [6, 6.07) is 0. The van der Waals surface area contributed by atoms with E-state index in [1.165, 1.54) is 11.8 Å². The molecule has 0 aliphatic heterocycles. The molecule has 0 aliphatic rings. The fourth-order valence-corrected chi connectivity index (χ4v) is 3.85. The molecular weight excluding hydrogens is 356 g/mol. The van der Waals surface area contributed by atoms with Gasteiger partial charge in [0, 0.05) is 18.8 Å². The van der Waals surface area contributed by atoms with E-state index in [2.05, 4.69) is 10.2 Å². The predicted molar refractivity (Wildman–Crippen MR) is 99.9 cm³/mol. The van der Waals surface area contributed by atoms with Crippen LogP contribution in [0.15, 0.2) is 9.95 Å². The maximum atomic E-state index is 12.3. The molecule has 142 valence electrons. The number of aromatic nitrogens is 3. The van der Waals surface area contributed by atoms with E-state index in [1.54, 1.807) is 30.1 Å². The highest BCUT2D eigenvalue weighted by molar-refractivity contribution is 7.99. The molecule has 2 rings (SSSR count). The Bertz CT molecular complexity index is 883. The van der Waals surface area contributed by atoms with E-state index in [0.29, 0.717) is 40.6 Å². The second-order valence-corrected chi connectivity index (χ2v) is 6.62. The van der Waals surface area contributed by atoms with Crippen LogP contribution in [0.25, 0.3) is 5.52 Å².